The van der Waals surface area contributed by atoms with Crippen LogP contribution in [0.25, 0.3) is 0 Å². The van der Waals surface area contributed by atoms with Gasteiger partial charge in [0.25, 0.3) is 0 Å². The maximum absolute atomic E-state index is 7.45. The maximum atomic E-state index is 7.45. The minimum atomic E-state index is 1.57. The predicted molar refractivity (Wildman–Crippen MR) is 8.75 cm³/mol. The monoisotopic (exact) mass is 96.9 g/mol. The normalized spacial score (nSPS) is 4.00. The van der Waals surface area contributed by atoms with Crippen LogP contribution in [0.4, 0.5) is 0 Å². The van der Waals surface area contributed by atoms with E-state index in [2.05, 4.69) is 16.2 Å². The zero-order valence-electron chi connectivity index (χ0n) is 1.80. The summed E-state index contributed by atoms with van der Waals surface area (Å²) in [5.41, 5.74) is 0. The molecule has 0 unspecified atom stereocenters. The van der Waals surface area contributed by atoms with Crippen molar-refractivity contribution < 1.29 is 16.2 Å². The molecule has 0 aliphatic rings. The molecule has 0 aromatic rings. The molecule has 0 bridgehead atoms. The molecule has 0 amide bonds. The predicted octanol–water partition coefficient (Wildman–Crippen LogP) is -0.481. The summed E-state index contributed by atoms with van der Waals surface area (Å²) in [7, 11) is 0. The molecule has 0 heterocycles. The Hall–Kier alpha value is -0.191. The fourth-order valence-electron chi connectivity index (χ4n) is 0. The standard InChI is InChI=1S/CHN2.Fe/c2-1-3;/h2H;/q-1;+1. The van der Waals surface area contributed by atoms with Gasteiger partial charge in [0.05, 0.1) is 0 Å². The summed E-state index contributed by atoms with van der Waals surface area (Å²) < 4.78 is 1.99. The zero-order chi connectivity index (χ0) is 3.41. The number of nitrogens with one attached hydrogen (secondary N) is 1. The van der Waals surface area contributed by atoms with Gasteiger partial charge in [0, 0.05) is 0 Å². The van der Waals surface area contributed by atoms with Crippen molar-refractivity contribution in [3.63, 3.8) is 0 Å². The van der Waals surface area contributed by atoms with Crippen molar-refractivity contribution in [2.24, 2.45) is 0 Å². The quantitative estimate of drug-likeness (QED) is 0.251. The van der Waals surface area contributed by atoms with E-state index >= 15 is 0 Å². The van der Waals surface area contributed by atoms with E-state index in [9.17, 15) is 0 Å². The van der Waals surface area contributed by atoms with Gasteiger partial charge in [0.2, 0.25) is 0 Å². The molecule has 2 nitrogen and oxygen atoms in total. The Labute approximate surface area is 32.8 Å². The first kappa shape index (κ1) is 3.81. The summed E-state index contributed by atoms with van der Waals surface area (Å²) in [5, 5.41) is 7.45. The van der Waals surface area contributed by atoms with Crippen molar-refractivity contribution in [3.05, 3.63) is 0 Å². The summed E-state index contributed by atoms with van der Waals surface area (Å²) >= 11 is 2.99. The van der Waals surface area contributed by atoms with Crippen molar-refractivity contribution in [1.29, 1.82) is 5.26 Å². The molecular weight excluding hydrogens is 95.9 g/mol. The molecule has 1 N–H and O–H groups in total. The van der Waals surface area contributed by atoms with Gasteiger partial charge in [-0.25, -0.2) is 0 Å². The van der Waals surface area contributed by atoms with Crippen molar-refractivity contribution in [2.75, 3.05) is 0 Å². The van der Waals surface area contributed by atoms with Crippen LogP contribution in [-0.2, 0) is 16.2 Å². The fourth-order valence-corrected chi connectivity index (χ4v) is 0. The molecule has 0 saturated heterocycles. The summed E-state index contributed by atoms with van der Waals surface area (Å²) in [5.74, 6) is 0. The van der Waals surface area contributed by atoms with Crippen LogP contribution in [0.5, 0.6) is 0 Å². The first-order valence-electron chi connectivity index (χ1n) is 0.650. The molecule has 23 valence electrons. The first-order valence-corrected chi connectivity index (χ1v) is 1.20. The van der Waals surface area contributed by atoms with Crippen LogP contribution in [0, 0.1) is 11.5 Å². The Kier molecular flexibility index (Phi) is 2.68. The molecule has 0 aliphatic heterocycles. The Morgan fingerprint density at radius 3 is 2.25 bits per heavy atom. The van der Waals surface area contributed by atoms with Crippen molar-refractivity contribution in [3.8, 4) is 6.19 Å². The van der Waals surface area contributed by atoms with E-state index in [4.69, 9.17) is 5.26 Å². The second-order valence-electron chi connectivity index (χ2n) is 0.200. The van der Waals surface area contributed by atoms with Crippen molar-refractivity contribution in [1.82, 2.24) is 4.33 Å². The van der Waals surface area contributed by atoms with Gasteiger partial charge in [-0.3, -0.25) is 0 Å². The molecule has 0 radical (unpaired) electrons. The van der Waals surface area contributed by atoms with E-state index in [1.54, 1.807) is 6.19 Å². The van der Waals surface area contributed by atoms with E-state index in [0.717, 1.165) is 0 Å². The van der Waals surface area contributed by atoms with Crippen LogP contribution in [0.2, 0.25) is 0 Å². The van der Waals surface area contributed by atoms with Crippen molar-refractivity contribution in [2.45, 2.75) is 0 Å². The Bertz CT molecular complexity index is 35.8. The minimum absolute atomic E-state index is 1.57. The van der Waals surface area contributed by atoms with Gasteiger partial charge in [-0.05, 0) is 0 Å². The van der Waals surface area contributed by atoms with Gasteiger partial charge in [-0.1, -0.05) is 0 Å². The van der Waals surface area contributed by atoms with Crippen LogP contribution in [0.1, 0.15) is 0 Å². The van der Waals surface area contributed by atoms with E-state index < -0.39 is 0 Å². The van der Waals surface area contributed by atoms with Gasteiger partial charge < -0.3 is 0 Å². The molecule has 4 heavy (non-hydrogen) atoms. The number of rotatable bonds is 0. The number of hydrogen-bond donors (Lipinski definition) is 1. The van der Waals surface area contributed by atoms with Crippen LogP contribution in [-0.4, -0.2) is 0 Å². The number of nitriles is 1. The Morgan fingerprint density at radius 1 is 2.00 bits per heavy atom. The van der Waals surface area contributed by atoms with Gasteiger partial charge in [-0.15, -0.1) is 0 Å². The second-order valence-corrected chi connectivity index (χ2v) is 0.476. The number of hydrogen-bond acceptors (Lipinski definition) is 2. The first-order chi connectivity index (χ1) is 1.91. The topological polar surface area (TPSA) is 35.8 Å². The molecule has 0 rings (SSSR count). The summed E-state index contributed by atoms with van der Waals surface area (Å²) in [6.45, 7) is 0. The summed E-state index contributed by atoms with van der Waals surface area (Å²) in [6.07, 6.45) is 1.57. The average Bonchev–Trinajstić information content (AvgIpc) is 1.37. The van der Waals surface area contributed by atoms with Gasteiger partial charge in [0.1, 0.15) is 0 Å². The third kappa shape index (κ3) is 1.81. The Morgan fingerprint density at radius 2 is 2.25 bits per heavy atom. The van der Waals surface area contributed by atoms with Crippen LogP contribution in [0.3, 0.4) is 0 Å². The van der Waals surface area contributed by atoms with E-state index in [1.807, 2.05) is 4.33 Å². The fraction of sp³-hybridized carbons (Fsp3) is 0. The average molecular weight is 96.9 g/mol. The summed E-state index contributed by atoms with van der Waals surface area (Å²) in [4.78, 5) is 0. The third-order valence-electron chi connectivity index (χ3n) is 0.0395. The van der Waals surface area contributed by atoms with Gasteiger partial charge in [0.15, 0.2) is 0 Å². The van der Waals surface area contributed by atoms with Crippen molar-refractivity contribution >= 4 is 0 Å². The van der Waals surface area contributed by atoms with E-state index in [1.165, 1.54) is 0 Å². The molecule has 0 spiro atoms. The zero-order valence-corrected chi connectivity index (χ0v) is 2.90. The molecule has 0 aliphatic carbocycles. The van der Waals surface area contributed by atoms with E-state index in [0.29, 0.717) is 0 Å². The second kappa shape index (κ2) is 2.81. The van der Waals surface area contributed by atoms with Crippen LogP contribution >= 0.6 is 0 Å². The SMILES string of the molecule is N#C[NH][Fe]. The molecule has 3 heteroatoms. The van der Waals surface area contributed by atoms with E-state index in [-0.39, 0.29) is 0 Å². The molecule has 0 aromatic carbocycles. The molecule has 0 saturated carbocycles. The molecular formula is CHFeN2. The number of nitrogens with zero attached hydrogens (tertiary/aromatic N) is 1. The van der Waals surface area contributed by atoms with Gasteiger partial charge in [-0.2, -0.15) is 0 Å². The van der Waals surface area contributed by atoms with Crippen LogP contribution < -0.4 is 4.33 Å². The summed E-state index contributed by atoms with van der Waals surface area (Å²) in [6, 6.07) is 0. The molecule has 0 aromatic heterocycles. The molecule has 0 fully saturated rings. The Balaban J connectivity index is 2.43. The van der Waals surface area contributed by atoms with Gasteiger partial charge >= 0.3 is 32.0 Å². The van der Waals surface area contributed by atoms with Crippen LogP contribution in [0.15, 0.2) is 0 Å². The molecule has 0 atom stereocenters. The third-order valence-corrected chi connectivity index (χ3v) is 0.163.